The van der Waals surface area contributed by atoms with E-state index in [1.54, 1.807) is 0 Å². The third-order valence-electron chi connectivity index (χ3n) is 6.26. The Hall–Kier alpha value is 0.354. The van der Waals surface area contributed by atoms with Gasteiger partial charge in [0.2, 0.25) is 0 Å². The van der Waals surface area contributed by atoms with Crippen LogP contribution in [0.25, 0.3) is 0 Å². The van der Waals surface area contributed by atoms with E-state index in [0.717, 1.165) is 0 Å². The lowest BCUT2D eigenvalue weighted by molar-refractivity contribution is 0.180. The van der Waals surface area contributed by atoms with Crippen LogP contribution in [0.1, 0.15) is 143 Å². The molecule has 182 valence electrons. The summed E-state index contributed by atoms with van der Waals surface area (Å²) in [7, 11) is -0.613. The highest BCUT2D eigenvalue weighted by molar-refractivity contribution is 6.27. The predicted octanol–water partition coefficient (Wildman–Crippen LogP) is 7.86. The molecule has 0 bridgehead atoms. The highest BCUT2D eigenvalue weighted by atomic mass is 28.2. The molecule has 30 heavy (non-hydrogen) atoms. The number of hydrogen-bond acceptors (Lipinski definition) is 2. The minimum absolute atomic E-state index is 0.307. The zero-order chi connectivity index (χ0) is 22.1. The molecule has 0 aliphatic heterocycles. The Morgan fingerprint density at radius 1 is 0.433 bits per heavy atom. The molecule has 0 saturated carbocycles. The molecular weight excluding hydrogens is 400 g/mol. The number of unbranched alkanes of at least 4 members (excludes halogenated alkanes) is 9. The molecule has 0 saturated heterocycles. The van der Waals surface area contributed by atoms with Crippen LogP contribution in [0.15, 0.2) is 0 Å². The van der Waals surface area contributed by atoms with Gasteiger partial charge in [0.1, 0.15) is 0 Å². The van der Waals surface area contributed by atoms with Crippen molar-refractivity contribution in [1.29, 1.82) is 0 Å². The largest absolute Gasteiger partial charge is 0.421 e. The molecule has 0 aromatic carbocycles. The first kappa shape index (κ1) is 30.4. The maximum absolute atomic E-state index is 6.40. The van der Waals surface area contributed by atoms with E-state index in [0.29, 0.717) is 12.2 Å². The molecule has 2 atom stereocenters. The number of rotatable bonds is 25. The van der Waals surface area contributed by atoms with Gasteiger partial charge >= 0.3 is 0 Å². The van der Waals surface area contributed by atoms with Crippen molar-refractivity contribution in [3.8, 4) is 0 Å². The van der Waals surface area contributed by atoms with Crippen LogP contribution in [0.4, 0.5) is 0 Å². The highest BCUT2D eigenvalue weighted by Gasteiger charge is 2.09. The van der Waals surface area contributed by atoms with Crippen molar-refractivity contribution in [2.24, 2.45) is 0 Å². The Bertz CT molecular complexity index is 285. The van der Waals surface area contributed by atoms with E-state index in [1.165, 1.54) is 128 Å². The fourth-order valence-corrected chi connectivity index (χ4v) is 6.92. The molecule has 0 spiro atoms. The van der Waals surface area contributed by atoms with E-state index in [2.05, 4.69) is 27.7 Å². The summed E-state index contributed by atoms with van der Waals surface area (Å²) in [4.78, 5) is 0. The van der Waals surface area contributed by atoms with Crippen LogP contribution in [-0.4, -0.2) is 31.7 Å². The third-order valence-corrected chi connectivity index (χ3v) is 9.26. The summed E-state index contributed by atoms with van der Waals surface area (Å²) in [6.45, 7) is 9.20. The van der Waals surface area contributed by atoms with Crippen LogP contribution >= 0.6 is 0 Å². The van der Waals surface area contributed by atoms with Gasteiger partial charge in [0.15, 0.2) is 19.5 Å². The molecule has 4 heteroatoms. The van der Waals surface area contributed by atoms with Crippen LogP contribution in [0.5, 0.6) is 0 Å². The second-order valence-electron chi connectivity index (χ2n) is 9.38. The summed E-state index contributed by atoms with van der Waals surface area (Å²) >= 11 is 0. The van der Waals surface area contributed by atoms with Crippen molar-refractivity contribution < 1.29 is 8.85 Å². The standard InChI is InChI=1S/C26H58O2Si2/c1-5-9-13-15-21-25(19-11-7-3)27-29-23-17-18-24-30-28-26(20-12-8-4)22-16-14-10-6-2/h25-26H,5-24,29-30H2,1-4H3. The fourth-order valence-electron chi connectivity index (χ4n) is 4.14. The summed E-state index contributed by atoms with van der Waals surface area (Å²) < 4.78 is 12.8. The molecule has 2 unspecified atom stereocenters. The van der Waals surface area contributed by atoms with E-state index in [9.17, 15) is 0 Å². The summed E-state index contributed by atoms with van der Waals surface area (Å²) in [5.74, 6) is 0. The molecule has 0 heterocycles. The SMILES string of the molecule is CCCCCCC(CCCC)O[SiH2]CCCC[SiH2]OC(CCCC)CCCCCC. The topological polar surface area (TPSA) is 18.5 Å². The summed E-state index contributed by atoms with van der Waals surface area (Å²) in [5.41, 5.74) is 0. The van der Waals surface area contributed by atoms with Crippen molar-refractivity contribution in [1.82, 2.24) is 0 Å². The van der Waals surface area contributed by atoms with E-state index >= 15 is 0 Å². The van der Waals surface area contributed by atoms with Gasteiger partial charge in [-0.15, -0.1) is 0 Å². The van der Waals surface area contributed by atoms with Gasteiger partial charge in [0.25, 0.3) is 0 Å². The second-order valence-corrected chi connectivity index (χ2v) is 12.3. The van der Waals surface area contributed by atoms with Gasteiger partial charge < -0.3 is 8.85 Å². The Kier molecular flexibility index (Phi) is 25.9. The lowest BCUT2D eigenvalue weighted by atomic mass is 10.1. The molecule has 0 radical (unpaired) electrons. The molecule has 0 N–H and O–H groups in total. The van der Waals surface area contributed by atoms with Gasteiger partial charge in [-0.2, -0.15) is 0 Å². The van der Waals surface area contributed by atoms with Crippen LogP contribution in [0, 0.1) is 0 Å². The summed E-state index contributed by atoms with van der Waals surface area (Å²) in [6.07, 6.45) is 25.4. The fraction of sp³-hybridized carbons (Fsp3) is 1.00. The Morgan fingerprint density at radius 3 is 1.17 bits per heavy atom. The molecule has 0 aliphatic carbocycles. The normalized spacial score (nSPS) is 14.4. The zero-order valence-corrected chi connectivity index (χ0v) is 24.4. The quantitative estimate of drug-likeness (QED) is 0.102. The average Bonchev–Trinajstić information content (AvgIpc) is 2.76. The van der Waals surface area contributed by atoms with Crippen LogP contribution in [0.2, 0.25) is 12.1 Å². The molecule has 0 rings (SSSR count). The molecule has 0 aromatic rings. The molecule has 0 aromatic heterocycles. The first-order chi connectivity index (χ1) is 14.8. The van der Waals surface area contributed by atoms with Gasteiger partial charge in [-0.25, -0.2) is 0 Å². The molecular formula is C26H58O2Si2. The molecule has 0 amide bonds. The van der Waals surface area contributed by atoms with Gasteiger partial charge in [0.05, 0.1) is 0 Å². The van der Waals surface area contributed by atoms with Crippen molar-refractivity contribution in [3.05, 3.63) is 0 Å². The lowest BCUT2D eigenvalue weighted by Crippen LogP contribution is -2.16. The third kappa shape index (κ3) is 21.6. The predicted molar refractivity (Wildman–Crippen MR) is 142 cm³/mol. The van der Waals surface area contributed by atoms with Gasteiger partial charge in [-0.05, 0) is 37.8 Å². The van der Waals surface area contributed by atoms with Crippen LogP contribution in [-0.2, 0) is 8.85 Å². The first-order valence-corrected chi connectivity index (χ1v) is 17.2. The van der Waals surface area contributed by atoms with Crippen molar-refractivity contribution in [2.75, 3.05) is 0 Å². The average molecular weight is 459 g/mol. The minimum atomic E-state index is -0.307. The molecule has 0 aliphatic rings. The first-order valence-electron chi connectivity index (χ1n) is 14.0. The second kappa shape index (κ2) is 25.6. The van der Waals surface area contributed by atoms with E-state index in [-0.39, 0.29) is 19.5 Å². The minimum Gasteiger partial charge on any atom is -0.421 e. The van der Waals surface area contributed by atoms with Crippen LogP contribution < -0.4 is 0 Å². The maximum atomic E-state index is 6.40. The number of hydrogen-bond donors (Lipinski definition) is 0. The summed E-state index contributed by atoms with van der Waals surface area (Å²) in [5, 5.41) is 0. The van der Waals surface area contributed by atoms with Crippen molar-refractivity contribution in [3.63, 3.8) is 0 Å². The zero-order valence-electron chi connectivity index (χ0n) is 21.5. The van der Waals surface area contributed by atoms with E-state index in [1.807, 2.05) is 0 Å². The van der Waals surface area contributed by atoms with Gasteiger partial charge in [-0.1, -0.05) is 118 Å². The van der Waals surface area contributed by atoms with Gasteiger partial charge in [0, 0.05) is 12.2 Å². The maximum Gasteiger partial charge on any atom is 0.161 e. The monoisotopic (exact) mass is 458 g/mol. The van der Waals surface area contributed by atoms with Crippen molar-refractivity contribution >= 4 is 19.5 Å². The highest BCUT2D eigenvalue weighted by Crippen LogP contribution is 2.16. The smallest absolute Gasteiger partial charge is 0.161 e. The molecule has 2 nitrogen and oxygen atoms in total. The summed E-state index contributed by atoms with van der Waals surface area (Å²) in [6, 6.07) is 2.75. The van der Waals surface area contributed by atoms with E-state index in [4.69, 9.17) is 8.85 Å². The van der Waals surface area contributed by atoms with Crippen LogP contribution in [0.3, 0.4) is 0 Å². The lowest BCUT2D eigenvalue weighted by Gasteiger charge is -2.19. The molecule has 0 fully saturated rings. The van der Waals surface area contributed by atoms with Gasteiger partial charge in [-0.3, -0.25) is 0 Å². The Balaban J connectivity index is 3.76. The van der Waals surface area contributed by atoms with Crippen molar-refractivity contribution in [2.45, 2.75) is 168 Å². The Labute approximate surface area is 195 Å². The Morgan fingerprint density at radius 2 is 0.800 bits per heavy atom. The van der Waals surface area contributed by atoms with E-state index < -0.39 is 0 Å².